The molecule has 1 saturated heterocycles. The Hall–Kier alpha value is -1.47. The second-order valence-corrected chi connectivity index (χ2v) is 4.91. The Bertz CT molecular complexity index is 474. The Balaban J connectivity index is 0.00000242. The summed E-state index contributed by atoms with van der Waals surface area (Å²) in [6.07, 6.45) is -1.79. The zero-order valence-corrected chi connectivity index (χ0v) is 12.6. The van der Waals surface area contributed by atoms with Crippen molar-refractivity contribution in [2.75, 3.05) is 6.54 Å². The van der Waals surface area contributed by atoms with Gasteiger partial charge in [-0.2, -0.15) is 0 Å². The largest absolute Gasteiger partial charge is 0.573 e. The molecule has 124 valence electrons. The number of alkyl halides is 3. The minimum atomic E-state index is -4.69. The van der Waals surface area contributed by atoms with Gasteiger partial charge >= 0.3 is 6.36 Å². The van der Waals surface area contributed by atoms with Gasteiger partial charge in [-0.1, -0.05) is 18.6 Å². The molecule has 1 aromatic carbocycles. The fourth-order valence-electron chi connectivity index (χ4n) is 2.20. The summed E-state index contributed by atoms with van der Waals surface area (Å²) in [5, 5.41) is 5.90. The molecule has 1 heterocycles. The molecule has 0 spiro atoms. The van der Waals surface area contributed by atoms with Crippen molar-refractivity contribution in [3.8, 4) is 5.75 Å². The first-order chi connectivity index (χ1) is 9.94. The van der Waals surface area contributed by atoms with Crippen LogP contribution in [-0.2, 0) is 11.3 Å². The first kappa shape index (κ1) is 18.6. The molecule has 1 aromatic rings. The molecule has 1 amide bonds. The quantitative estimate of drug-likeness (QED) is 0.887. The van der Waals surface area contributed by atoms with Crippen LogP contribution in [0.5, 0.6) is 5.75 Å². The molecule has 4 nitrogen and oxygen atoms in total. The van der Waals surface area contributed by atoms with Crippen LogP contribution in [-0.4, -0.2) is 24.9 Å². The standard InChI is InChI=1S/C14H17F3N2O2.ClH/c15-14(16,17)21-11-6-4-10(5-7-11)9-19-13(20)12-3-1-2-8-18-12;/h4-7,12,18H,1-3,8-9H2,(H,19,20);1H/t12-;/m1./s1. The van der Waals surface area contributed by atoms with Crippen molar-refractivity contribution in [3.05, 3.63) is 29.8 Å². The van der Waals surface area contributed by atoms with Crippen molar-refractivity contribution in [2.45, 2.75) is 38.2 Å². The predicted molar refractivity (Wildman–Crippen MR) is 77.9 cm³/mol. The van der Waals surface area contributed by atoms with E-state index in [-0.39, 0.29) is 36.7 Å². The van der Waals surface area contributed by atoms with Crippen LogP contribution in [0.4, 0.5) is 13.2 Å². The molecule has 2 rings (SSSR count). The molecule has 0 radical (unpaired) electrons. The molecular weight excluding hydrogens is 321 g/mol. The lowest BCUT2D eigenvalue weighted by atomic mass is 10.0. The van der Waals surface area contributed by atoms with Gasteiger partial charge in [0.15, 0.2) is 0 Å². The van der Waals surface area contributed by atoms with Crippen LogP contribution in [0.3, 0.4) is 0 Å². The summed E-state index contributed by atoms with van der Waals surface area (Å²) in [4.78, 5) is 11.9. The molecule has 1 aliphatic rings. The van der Waals surface area contributed by atoms with Gasteiger partial charge in [0.25, 0.3) is 0 Å². The highest BCUT2D eigenvalue weighted by molar-refractivity contribution is 5.85. The summed E-state index contributed by atoms with van der Waals surface area (Å²) >= 11 is 0. The van der Waals surface area contributed by atoms with E-state index in [4.69, 9.17) is 0 Å². The highest BCUT2D eigenvalue weighted by Crippen LogP contribution is 2.22. The van der Waals surface area contributed by atoms with E-state index in [1.54, 1.807) is 0 Å². The van der Waals surface area contributed by atoms with Gasteiger partial charge < -0.3 is 15.4 Å². The number of carbonyl (C=O) groups is 1. The lowest BCUT2D eigenvalue weighted by Gasteiger charge is -2.22. The van der Waals surface area contributed by atoms with E-state index in [2.05, 4.69) is 15.4 Å². The first-order valence-electron chi connectivity index (χ1n) is 6.80. The number of benzene rings is 1. The summed E-state index contributed by atoms with van der Waals surface area (Å²) < 4.78 is 39.8. The maximum atomic E-state index is 12.0. The average molecular weight is 339 g/mol. The van der Waals surface area contributed by atoms with Crippen molar-refractivity contribution >= 4 is 18.3 Å². The molecule has 0 unspecified atom stereocenters. The van der Waals surface area contributed by atoms with Crippen molar-refractivity contribution in [1.82, 2.24) is 10.6 Å². The topological polar surface area (TPSA) is 50.4 Å². The van der Waals surface area contributed by atoms with Gasteiger partial charge in [0.2, 0.25) is 5.91 Å². The van der Waals surface area contributed by atoms with E-state index in [0.717, 1.165) is 25.8 Å². The van der Waals surface area contributed by atoms with Crippen molar-refractivity contribution in [3.63, 3.8) is 0 Å². The number of hydrogen-bond donors (Lipinski definition) is 2. The van der Waals surface area contributed by atoms with Crippen LogP contribution in [0.25, 0.3) is 0 Å². The Kier molecular flexibility index (Phi) is 6.96. The van der Waals surface area contributed by atoms with Crippen LogP contribution in [0.15, 0.2) is 24.3 Å². The lowest BCUT2D eigenvalue weighted by molar-refractivity contribution is -0.274. The summed E-state index contributed by atoms with van der Waals surface area (Å²) in [7, 11) is 0. The van der Waals surface area contributed by atoms with Gasteiger partial charge in [-0.15, -0.1) is 25.6 Å². The summed E-state index contributed by atoms with van der Waals surface area (Å²) in [5.74, 6) is -0.350. The van der Waals surface area contributed by atoms with Gasteiger partial charge in [0.05, 0.1) is 6.04 Å². The molecule has 22 heavy (non-hydrogen) atoms. The second kappa shape index (κ2) is 8.24. The highest BCUT2D eigenvalue weighted by atomic mass is 35.5. The molecule has 0 aromatic heterocycles. The fraction of sp³-hybridized carbons (Fsp3) is 0.500. The molecule has 1 fully saturated rings. The number of rotatable bonds is 4. The third-order valence-corrected chi connectivity index (χ3v) is 3.25. The van der Waals surface area contributed by atoms with Crippen molar-refractivity contribution in [1.29, 1.82) is 0 Å². The first-order valence-corrected chi connectivity index (χ1v) is 6.80. The molecular formula is C14H18ClF3N2O2. The number of halogens is 4. The Morgan fingerprint density at radius 2 is 1.95 bits per heavy atom. The van der Waals surface area contributed by atoms with Gasteiger partial charge in [0.1, 0.15) is 5.75 Å². The highest BCUT2D eigenvalue weighted by Gasteiger charge is 2.30. The van der Waals surface area contributed by atoms with Crippen LogP contribution < -0.4 is 15.4 Å². The fourth-order valence-corrected chi connectivity index (χ4v) is 2.20. The van der Waals surface area contributed by atoms with Crippen LogP contribution in [0.1, 0.15) is 24.8 Å². The molecule has 8 heteroatoms. The smallest absolute Gasteiger partial charge is 0.406 e. The summed E-state index contributed by atoms with van der Waals surface area (Å²) in [5.41, 5.74) is 0.716. The Labute approximate surface area is 132 Å². The number of hydrogen-bond acceptors (Lipinski definition) is 3. The van der Waals surface area contributed by atoms with Crippen LogP contribution >= 0.6 is 12.4 Å². The number of amides is 1. The molecule has 0 saturated carbocycles. The lowest BCUT2D eigenvalue weighted by Crippen LogP contribution is -2.46. The van der Waals surface area contributed by atoms with Crippen LogP contribution in [0.2, 0.25) is 0 Å². The third kappa shape index (κ3) is 6.11. The second-order valence-electron chi connectivity index (χ2n) is 4.91. The van der Waals surface area contributed by atoms with Gasteiger partial charge in [-0.05, 0) is 37.1 Å². The minimum Gasteiger partial charge on any atom is -0.406 e. The van der Waals surface area contributed by atoms with Crippen LogP contribution in [0, 0.1) is 0 Å². The minimum absolute atomic E-state index is 0. The number of carbonyl (C=O) groups excluding carboxylic acids is 1. The third-order valence-electron chi connectivity index (χ3n) is 3.25. The van der Waals surface area contributed by atoms with E-state index in [0.29, 0.717) is 5.56 Å². The molecule has 1 aliphatic heterocycles. The molecule has 0 bridgehead atoms. The SMILES string of the molecule is Cl.O=C(NCc1ccc(OC(F)(F)F)cc1)[C@H]1CCCCN1. The monoisotopic (exact) mass is 338 g/mol. The van der Waals surface area contributed by atoms with Gasteiger partial charge in [-0.3, -0.25) is 4.79 Å². The van der Waals surface area contributed by atoms with Crippen molar-refractivity contribution in [2.24, 2.45) is 0 Å². The maximum absolute atomic E-state index is 12.0. The summed E-state index contributed by atoms with van der Waals surface area (Å²) in [6, 6.07) is 5.28. The van der Waals surface area contributed by atoms with Gasteiger partial charge in [0, 0.05) is 6.54 Å². The Morgan fingerprint density at radius 3 is 2.50 bits per heavy atom. The number of ether oxygens (including phenoxy) is 1. The number of nitrogens with one attached hydrogen (secondary N) is 2. The normalized spacial score (nSPS) is 18.2. The molecule has 1 atom stereocenters. The molecule has 0 aliphatic carbocycles. The Morgan fingerprint density at radius 1 is 1.27 bits per heavy atom. The predicted octanol–water partition coefficient (Wildman–Crippen LogP) is 2.77. The average Bonchev–Trinajstić information content (AvgIpc) is 2.45. The molecule has 2 N–H and O–H groups in total. The van der Waals surface area contributed by atoms with E-state index >= 15 is 0 Å². The zero-order valence-electron chi connectivity index (χ0n) is 11.8. The van der Waals surface area contributed by atoms with E-state index in [1.165, 1.54) is 24.3 Å². The van der Waals surface area contributed by atoms with E-state index in [1.807, 2.05) is 0 Å². The zero-order chi connectivity index (χ0) is 15.3. The van der Waals surface area contributed by atoms with Gasteiger partial charge in [-0.25, -0.2) is 0 Å². The van der Waals surface area contributed by atoms with Crippen molar-refractivity contribution < 1.29 is 22.7 Å². The number of piperidine rings is 1. The van der Waals surface area contributed by atoms with E-state index in [9.17, 15) is 18.0 Å². The maximum Gasteiger partial charge on any atom is 0.573 e. The summed E-state index contributed by atoms with van der Waals surface area (Å²) in [6.45, 7) is 1.12. The van der Waals surface area contributed by atoms with E-state index < -0.39 is 6.36 Å².